The predicted octanol–water partition coefficient (Wildman–Crippen LogP) is 1.96. The van der Waals surface area contributed by atoms with Gasteiger partial charge in [0.05, 0.1) is 12.2 Å². The first-order valence-electron chi connectivity index (χ1n) is 5.75. The number of nitrogens with one attached hydrogen (secondary N) is 1. The Balaban J connectivity index is 2.32. The zero-order valence-electron chi connectivity index (χ0n) is 10.1. The molecule has 88 valence electrons. The molecule has 0 radical (unpaired) electrons. The lowest BCUT2D eigenvalue weighted by atomic mass is 10.2. The molecule has 2 rings (SSSR count). The summed E-state index contributed by atoms with van der Waals surface area (Å²) in [7, 11) is 0. The van der Waals surface area contributed by atoms with E-state index in [4.69, 9.17) is 0 Å². The largest absolute Gasteiger partial charge is 0.310 e. The molecule has 0 spiro atoms. The summed E-state index contributed by atoms with van der Waals surface area (Å²) in [6.45, 7) is 5.67. The van der Waals surface area contributed by atoms with Gasteiger partial charge in [0.25, 0.3) is 0 Å². The van der Waals surface area contributed by atoms with Crippen LogP contribution in [0.5, 0.6) is 0 Å². The van der Waals surface area contributed by atoms with Gasteiger partial charge in [0.1, 0.15) is 5.82 Å². The molecule has 0 saturated heterocycles. The van der Waals surface area contributed by atoms with Crippen molar-refractivity contribution in [2.75, 3.05) is 6.54 Å². The second-order valence-corrected chi connectivity index (χ2v) is 3.83. The van der Waals surface area contributed by atoms with E-state index >= 15 is 0 Å². The Kier molecular flexibility index (Phi) is 3.77. The topological polar surface area (TPSA) is 50.7 Å². The van der Waals surface area contributed by atoms with Gasteiger partial charge >= 0.3 is 0 Å². The fraction of sp³-hybridized carbons (Fsp3) is 0.308. The smallest absolute Gasteiger partial charge is 0.143 e. The highest BCUT2D eigenvalue weighted by Gasteiger charge is 2.04. The first-order chi connectivity index (χ1) is 8.29. The average Bonchev–Trinajstić information content (AvgIpc) is 2.37. The van der Waals surface area contributed by atoms with Crippen molar-refractivity contribution in [3.05, 3.63) is 42.1 Å². The van der Waals surface area contributed by atoms with Crippen molar-refractivity contribution in [2.24, 2.45) is 0 Å². The molecule has 2 aromatic heterocycles. The molecular weight excluding hydrogens is 212 g/mol. The number of aryl methyl sites for hydroxylation is 1. The molecule has 0 aliphatic heterocycles. The molecule has 0 aromatic carbocycles. The third-order valence-corrected chi connectivity index (χ3v) is 2.39. The Morgan fingerprint density at radius 3 is 2.88 bits per heavy atom. The normalized spacial score (nSPS) is 10.5. The quantitative estimate of drug-likeness (QED) is 0.869. The van der Waals surface area contributed by atoms with Crippen LogP contribution in [-0.4, -0.2) is 21.5 Å². The van der Waals surface area contributed by atoms with E-state index in [-0.39, 0.29) is 0 Å². The van der Waals surface area contributed by atoms with Crippen LogP contribution in [0.1, 0.15) is 18.4 Å². The number of pyridine rings is 1. The minimum Gasteiger partial charge on any atom is -0.310 e. The molecule has 0 unspecified atom stereocenters. The van der Waals surface area contributed by atoms with Crippen LogP contribution in [0.3, 0.4) is 0 Å². The Bertz CT molecular complexity index is 482. The van der Waals surface area contributed by atoms with Crippen molar-refractivity contribution in [3.8, 4) is 11.3 Å². The summed E-state index contributed by atoms with van der Waals surface area (Å²) in [6, 6.07) is 5.90. The molecular formula is C13H16N4. The number of aromatic nitrogens is 3. The number of hydrogen-bond acceptors (Lipinski definition) is 4. The molecule has 2 aromatic rings. The first-order valence-corrected chi connectivity index (χ1v) is 5.75. The van der Waals surface area contributed by atoms with Crippen LogP contribution in [0.4, 0.5) is 0 Å². The van der Waals surface area contributed by atoms with Crippen LogP contribution in [0.15, 0.2) is 30.6 Å². The second-order valence-electron chi connectivity index (χ2n) is 3.83. The van der Waals surface area contributed by atoms with Gasteiger partial charge in [-0.2, -0.15) is 0 Å². The minimum absolute atomic E-state index is 0.700. The van der Waals surface area contributed by atoms with E-state index in [9.17, 15) is 0 Å². The van der Waals surface area contributed by atoms with Crippen molar-refractivity contribution < 1.29 is 0 Å². The zero-order valence-corrected chi connectivity index (χ0v) is 10.1. The molecule has 2 heterocycles. The van der Waals surface area contributed by atoms with Gasteiger partial charge in [-0.05, 0) is 31.7 Å². The van der Waals surface area contributed by atoms with E-state index in [0.717, 1.165) is 29.3 Å². The maximum absolute atomic E-state index is 4.53. The van der Waals surface area contributed by atoms with Crippen LogP contribution < -0.4 is 5.32 Å². The molecule has 1 N–H and O–H groups in total. The molecule has 4 heteroatoms. The van der Waals surface area contributed by atoms with Crippen LogP contribution >= 0.6 is 0 Å². The summed E-state index contributed by atoms with van der Waals surface area (Å²) < 4.78 is 0. The molecule has 4 nitrogen and oxygen atoms in total. The Morgan fingerprint density at radius 1 is 1.29 bits per heavy atom. The van der Waals surface area contributed by atoms with E-state index < -0.39 is 0 Å². The molecule has 0 aliphatic carbocycles. The average molecular weight is 228 g/mol. The third kappa shape index (κ3) is 3.07. The lowest BCUT2D eigenvalue weighted by Gasteiger charge is -2.06. The van der Waals surface area contributed by atoms with Gasteiger partial charge in [-0.3, -0.25) is 4.98 Å². The highest BCUT2D eigenvalue weighted by molar-refractivity contribution is 5.57. The van der Waals surface area contributed by atoms with Gasteiger partial charge in [0, 0.05) is 23.7 Å². The maximum atomic E-state index is 4.53. The lowest BCUT2D eigenvalue weighted by molar-refractivity contribution is 0.688. The standard InChI is InChI=1S/C13H16N4/c1-3-14-9-13-16-10(2)7-12(17-13)11-5-4-6-15-8-11/h4-8,14H,3,9H2,1-2H3. The molecule has 17 heavy (non-hydrogen) atoms. The monoisotopic (exact) mass is 228 g/mol. The van der Waals surface area contributed by atoms with E-state index in [1.807, 2.05) is 31.3 Å². The Labute approximate surface area is 101 Å². The summed E-state index contributed by atoms with van der Waals surface area (Å²) in [5, 5.41) is 3.23. The lowest BCUT2D eigenvalue weighted by Crippen LogP contribution is -2.15. The van der Waals surface area contributed by atoms with E-state index in [1.54, 1.807) is 6.20 Å². The van der Waals surface area contributed by atoms with E-state index in [0.29, 0.717) is 6.54 Å². The van der Waals surface area contributed by atoms with Crippen LogP contribution in [-0.2, 0) is 6.54 Å². The van der Waals surface area contributed by atoms with Gasteiger partial charge < -0.3 is 5.32 Å². The molecule has 0 atom stereocenters. The maximum Gasteiger partial charge on any atom is 0.143 e. The van der Waals surface area contributed by atoms with Crippen LogP contribution in [0.2, 0.25) is 0 Å². The fourth-order valence-electron chi connectivity index (χ4n) is 1.61. The number of hydrogen-bond donors (Lipinski definition) is 1. The fourth-order valence-corrected chi connectivity index (χ4v) is 1.61. The number of nitrogens with zero attached hydrogens (tertiary/aromatic N) is 3. The Morgan fingerprint density at radius 2 is 2.18 bits per heavy atom. The second kappa shape index (κ2) is 5.50. The zero-order chi connectivity index (χ0) is 12.1. The van der Waals surface area contributed by atoms with Crippen molar-refractivity contribution in [1.29, 1.82) is 0 Å². The summed E-state index contributed by atoms with van der Waals surface area (Å²) in [4.78, 5) is 13.0. The molecule has 0 fully saturated rings. The van der Waals surface area contributed by atoms with Crippen LogP contribution in [0.25, 0.3) is 11.3 Å². The van der Waals surface area contributed by atoms with E-state index in [1.165, 1.54) is 0 Å². The first kappa shape index (κ1) is 11.7. The molecule has 0 saturated carbocycles. The molecule has 0 amide bonds. The molecule has 0 bridgehead atoms. The van der Waals surface area contributed by atoms with Gasteiger partial charge in [0.15, 0.2) is 0 Å². The summed E-state index contributed by atoms with van der Waals surface area (Å²) in [5.74, 6) is 0.825. The van der Waals surface area contributed by atoms with Crippen molar-refractivity contribution in [1.82, 2.24) is 20.3 Å². The van der Waals surface area contributed by atoms with Gasteiger partial charge in [0.2, 0.25) is 0 Å². The third-order valence-electron chi connectivity index (χ3n) is 2.39. The molecule has 0 aliphatic rings. The van der Waals surface area contributed by atoms with Gasteiger partial charge in [-0.15, -0.1) is 0 Å². The predicted molar refractivity (Wildman–Crippen MR) is 67.4 cm³/mol. The summed E-state index contributed by atoms with van der Waals surface area (Å²) in [5.41, 5.74) is 2.93. The van der Waals surface area contributed by atoms with Gasteiger partial charge in [-0.25, -0.2) is 9.97 Å². The summed E-state index contributed by atoms with van der Waals surface area (Å²) >= 11 is 0. The van der Waals surface area contributed by atoms with Gasteiger partial charge in [-0.1, -0.05) is 6.92 Å². The van der Waals surface area contributed by atoms with E-state index in [2.05, 4.69) is 27.2 Å². The number of rotatable bonds is 4. The van der Waals surface area contributed by atoms with Crippen LogP contribution in [0, 0.1) is 6.92 Å². The SMILES string of the molecule is CCNCc1nc(C)cc(-c2cccnc2)n1. The highest BCUT2D eigenvalue weighted by Crippen LogP contribution is 2.16. The Hall–Kier alpha value is -1.81. The van der Waals surface area contributed by atoms with Crippen molar-refractivity contribution in [3.63, 3.8) is 0 Å². The highest BCUT2D eigenvalue weighted by atomic mass is 15.0. The minimum atomic E-state index is 0.700. The van der Waals surface area contributed by atoms with Crippen molar-refractivity contribution in [2.45, 2.75) is 20.4 Å². The summed E-state index contributed by atoms with van der Waals surface area (Å²) in [6.07, 6.45) is 3.58. The van der Waals surface area contributed by atoms with Crippen molar-refractivity contribution >= 4 is 0 Å².